The van der Waals surface area contributed by atoms with Gasteiger partial charge in [-0.3, -0.25) is 10.1 Å². The number of nitro groups is 1. The number of carbonyl (C=O) groups is 1. The van der Waals surface area contributed by atoms with E-state index in [0.717, 1.165) is 5.56 Å². The first-order chi connectivity index (χ1) is 8.98. The molecule has 0 unspecified atom stereocenters. The van der Waals surface area contributed by atoms with Crippen LogP contribution in [0.15, 0.2) is 30.3 Å². The van der Waals surface area contributed by atoms with Gasteiger partial charge in [-0.15, -0.1) is 0 Å². The number of aliphatic hydroxyl groups is 1. The highest BCUT2D eigenvalue weighted by molar-refractivity contribution is 5.79. The van der Waals surface area contributed by atoms with Crippen LogP contribution >= 0.6 is 0 Å². The van der Waals surface area contributed by atoms with Gasteiger partial charge in [-0.25, -0.2) is 4.79 Å². The molecule has 6 heteroatoms. The number of carbonyl (C=O) groups excluding carboxylic acids is 1. The Hall–Kier alpha value is -1.95. The van der Waals surface area contributed by atoms with E-state index in [9.17, 15) is 20.0 Å². The van der Waals surface area contributed by atoms with Gasteiger partial charge in [0.2, 0.25) is 12.1 Å². The minimum atomic E-state index is -2.07. The predicted octanol–water partition coefficient (Wildman–Crippen LogP) is 1.19. The molecule has 19 heavy (non-hydrogen) atoms. The highest BCUT2D eigenvalue weighted by Gasteiger charge is 2.42. The fourth-order valence-corrected chi connectivity index (χ4v) is 1.72. The third kappa shape index (κ3) is 4.67. The first kappa shape index (κ1) is 15.1. The van der Waals surface area contributed by atoms with E-state index in [4.69, 9.17) is 4.74 Å². The van der Waals surface area contributed by atoms with E-state index in [2.05, 4.69) is 0 Å². The smallest absolute Gasteiger partial charge is 0.345 e. The van der Waals surface area contributed by atoms with Crippen molar-refractivity contribution in [3.63, 3.8) is 0 Å². The summed E-state index contributed by atoms with van der Waals surface area (Å²) in [5.74, 6) is -0.942. The van der Waals surface area contributed by atoms with Gasteiger partial charge in [0.1, 0.15) is 0 Å². The fourth-order valence-electron chi connectivity index (χ4n) is 1.72. The number of aryl methyl sites for hydroxylation is 1. The Morgan fingerprint density at radius 3 is 2.58 bits per heavy atom. The zero-order chi connectivity index (χ0) is 14.3. The first-order valence-electron chi connectivity index (χ1n) is 6.03. The van der Waals surface area contributed by atoms with Crippen LogP contribution in [0.1, 0.15) is 18.9 Å². The number of ether oxygens (including phenoxy) is 1. The molecule has 0 aromatic heterocycles. The van der Waals surface area contributed by atoms with Gasteiger partial charge in [0.05, 0.1) is 6.61 Å². The lowest BCUT2D eigenvalue weighted by atomic mass is 9.95. The lowest BCUT2D eigenvalue weighted by Crippen LogP contribution is -2.46. The van der Waals surface area contributed by atoms with Crippen molar-refractivity contribution in [2.75, 3.05) is 13.2 Å². The zero-order valence-electron chi connectivity index (χ0n) is 10.7. The average Bonchev–Trinajstić information content (AvgIpc) is 2.37. The number of esters is 1. The van der Waals surface area contributed by atoms with Crippen LogP contribution in [-0.2, 0) is 16.0 Å². The Bertz CT molecular complexity index is 434. The van der Waals surface area contributed by atoms with Crippen LogP contribution in [0.25, 0.3) is 0 Å². The third-order valence-corrected chi connectivity index (χ3v) is 2.72. The molecule has 0 aliphatic carbocycles. The topological polar surface area (TPSA) is 89.7 Å². The van der Waals surface area contributed by atoms with Crippen LogP contribution in [-0.4, -0.2) is 34.8 Å². The molecule has 0 aliphatic heterocycles. The Balaban J connectivity index is 2.74. The van der Waals surface area contributed by atoms with E-state index >= 15 is 0 Å². The van der Waals surface area contributed by atoms with Gasteiger partial charge in [0.15, 0.2) is 0 Å². The molecule has 0 amide bonds. The molecule has 0 radical (unpaired) electrons. The molecule has 1 aromatic carbocycles. The van der Waals surface area contributed by atoms with Crippen LogP contribution in [0.3, 0.4) is 0 Å². The molecule has 0 saturated carbocycles. The molecule has 1 aromatic rings. The summed E-state index contributed by atoms with van der Waals surface area (Å²) in [7, 11) is 0. The van der Waals surface area contributed by atoms with E-state index < -0.39 is 23.0 Å². The van der Waals surface area contributed by atoms with Crippen molar-refractivity contribution >= 4 is 5.97 Å². The molecule has 1 rings (SSSR count). The minimum Gasteiger partial charge on any atom is -0.464 e. The van der Waals surface area contributed by atoms with Crippen LogP contribution in [0.4, 0.5) is 0 Å². The van der Waals surface area contributed by atoms with E-state index in [-0.39, 0.29) is 13.0 Å². The normalized spacial score (nSPS) is 13.6. The van der Waals surface area contributed by atoms with Crippen molar-refractivity contribution in [3.8, 4) is 0 Å². The lowest BCUT2D eigenvalue weighted by molar-refractivity contribution is -0.497. The van der Waals surface area contributed by atoms with Gasteiger partial charge >= 0.3 is 5.97 Å². The maximum absolute atomic E-state index is 11.6. The van der Waals surface area contributed by atoms with Crippen molar-refractivity contribution < 1.29 is 19.6 Å². The van der Waals surface area contributed by atoms with Crippen molar-refractivity contribution in [1.82, 2.24) is 0 Å². The summed E-state index contributed by atoms with van der Waals surface area (Å²) in [5.41, 5.74) is -1.18. The highest BCUT2D eigenvalue weighted by atomic mass is 16.6. The Morgan fingerprint density at radius 1 is 1.42 bits per heavy atom. The molecular weight excluding hydrogens is 250 g/mol. The van der Waals surface area contributed by atoms with Crippen molar-refractivity contribution in [1.29, 1.82) is 0 Å². The minimum absolute atomic E-state index is 0.0448. The Morgan fingerprint density at radius 2 is 2.05 bits per heavy atom. The first-order valence-corrected chi connectivity index (χ1v) is 6.03. The summed E-state index contributed by atoms with van der Waals surface area (Å²) in [4.78, 5) is 21.5. The molecule has 1 N–H and O–H groups in total. The molecule has 0 fully saturated rings. The molecule has 0 bridgehead atoms. The van der Waals surface area contributed by atoms with Gasteiger partial charge in [-0.05, 0) is 25.3 Å². The summed E-state index contributed by atoms with van der Waals surface area (Å²) >= 11 is 0. The van der Waals surface area contributed by atoms with Crippen molar-refractivity contribution in [3.05, 3.63) is 46.0 Å². The maximum Gasteiger partial charge on any atom is 0.345 e. The summed E-state index contributed by atoms with van der Waals surface area (Å²) in [6, 6.07) is 9.16. The maximum atomic E-state index is 11.6. The summed E-state index contributed by atoms with van der Waals surface area (Å²) in [6.07, 6.45) is 0.320. The molecular formula is C13H17NO5. The van der Waals surface area contributed by atoms with Gasteiger partial charge in [0.25, 0.3) is 0 Å². The summed E-state index contributed by atoms with van der Waals surface area (Å²) in [6.45, 7) is 0.810. The second kappa shape index (κ2) is 6.84. The molecule has 104 valence electrons. The largest absolute Gasteiger partial charge is 0.464 e. The number of rotatable bonds is 7. The third-order valence-electron chi connectivity index (χ3n) is 2.72. The second-order valence-electron chi connectivity index (χ2n) is 4.23. The van der Waals surface area contributed by atoms with Crippen LogP contribution in [0, 0.1) is 10.1 Å². The van der Waals surface area contributed by atoms with Gasteiger partial charge in [0, 0.05) is 4.92 Å². The SMILES string of the molecule is CCOC(=O)[C@](O)(CCc1ccccc1)C[N+](=O)[O-]. The van der Waals surface area contributed by atoms with Crippen molar-refractivity contribution in [2.45, 2.75) is 25.4 Å². The van der Waals surface area contributed by atoms with Gasteiger partial charge in [-0.1, -0.05) is 30.3 Å². The van der Waals surface area contributed by atoms with Crippen LogP contribution < -0.4 is 0 Å². The highest BCUT2D eigenvalue weighted by Crippen LogP contribution is 2.17. The monoisotopic (exact) mass is 267 g/mol. The quantitative estimate of drug-likeness (QED) is 0.455. The van der Waals surface area contributed by atoms with E-state index in [1.165, 1.54) is 0 Å². The molecule has 0 saturated heterocycles. The van der Waals surface area contributed by atoms with Gasteiger partial charge < -0.3 is 9.84 Å². The second-order valence-corrected chi connectivity index (χ2v) is 4.23. The number of benzene rings is 1. The summed E-state index contributed by atoms with van der Waals surface area (Å²) in [5, 5.41) is 20.7. The molecule has 6 nitrogen and oxygen atoms in total. The van der Waals surface area contributed by atoms with Crippen molar-refractivity contribution in [2.24, 2.45) is 0 Å². The number of hydrogen-bond donors (Lipinski definition) is 1. The predicted molar refractivity (Wildman–Crippen MR) is 68.2 cm³/mol. The standard InChI is InChI=1S/C13H17NO5/c1-2-19-12(15)13(16,10-14(17)18)9-8-11-6-4-3-5-7-11/h3-7,16H,2,8-10H2,1H3/t13-/m0/s1. The lowest BCUT2D eigenvalue weighted by Gasteiger charge is -2.21. The summed E-state index contributed by atoms with van der Waals surface area (Å²) < 4.78 is 4.70. The zero-order valence-corrected chi connectivity index (χ0v) is 10.7. The van der Waals surface area contributed by atoms with E-state index in [1.54, 1.807) is 6.92 Å². The van der Waals surface area contributed by atoms with Crippen LogP contribution in [0.2, 0.25) is 0 Å². The molecule has 1 atom stereocenters. The number of hydrogen-bond acceptors (Lipinski definition) is 5. The van der Waals surface area contributed by atoms with E-state index in [0.29, 0.717) is 6.42 Å². The average molecular weight is 267 g/mol. The van der Waals surface area contributed by atoms with E-state index in [1.807, 2.05) is 30.3 Å². The molecule has 0 spiro atoms. The fraction of sp³-hybridized carbons (Fsp3) is 0.462. The number of nitrogens with zero attached hydrogens (tertiary/aromatic N) is 1. The van der Waals surface area contributed by atoms with Crippen LogP contribution in [0.5, 0.6) is 0 Å². The Labute approximate surface area is 111 Å². The molecule has 0 heterocycles. The van der Waals surface area contributed by atoms with Gasteiger partial charge in [-0.2, -0.15) is 0 Å². The Kier molecular flexibility index (Phi) is 5.44. The molecule has 0 aliphatic rings.